The summed E-state index contributed by atoms with van der Waals surface area (Å²) < 4.78 is 32.4. The summed E-state index contributed by atoms with van der Waals surface area (Å²) in [5.41, 5.74) is 0.919. The standard InChI is InChI=1S/C28H35ClN2O9/c1-5-36-15-24(32)38-16-39-26-23(35-4)10-11-30-25(26)27(33)31-22-14-37-13-20(17(2)18(3)40-28(22)34)12-19-6-8-21(29)9-7-19/h6-11,17-18,20,22H,5,12-16H2,1-4H3,(H,31,33)/t17-,18-,20-,22-/m0/s1. The summed E-state index contributed by atoms with van der Waals surface area (Å²) in [6.07, 6.45) is 1.64. The lowest BCUT2D eigenvalue weighted by molar-refractivity contribution is -0.155. The van der Waals surface area contributed by atoms with E-state index < -0.39 is 36.8 Å². The van der Waals surface area contributed by atoms with E-state index in [0.29, 0.717) is 24.7 Å². The van der Waals surface area contributed by atoms with E-state index in [2.05, 4.69) is 10.3 Å². The zero-order valence-electron chi connectivity index (χ0n) is 23.0. The van der Waals surface area contributed by atoms with Crippen LogP contribution in [0.2, 0.25) is 5.02 Å². The molecule has 1 fully saturated rings. The monoisotopic (exact) mass is 578 g/mol. The van der Waals surface area contributed by atoms with Crippen LogP contribution in [0.25, 0.3) is 0 Å². The van der Waals surface area contributed by atoms with Crippen LogP contribution in [0.4, 0.5) is 0 Å². The molecule has 1 saturated heterocycles. The Morgan fingerprint density at radius 3 is 2.60 bits per heavy atom. The second-order valence-electron chi connectivity index (χ2n) is 9.26. The van der Waals surface area contributed by atoms with Crippen molar-refractivity contribution < 1.29 is 42.8 Å². The number of aromatic nitrogens is 1. The number of cyclic esters (lactones) is 1. The smallest absolute Gasteiger partial charge is 0.334 e. The number of hydrogen-bond donors (Lipinski definition) is 1. The summed E-state index contributed by atoms with van der Waals surface area (Å²) in [6.45, 7) is 5.44. The fraction of sp³-hybridized carbons (Fsp3) is 0.500. The summed E-state index contributed by atoms with van der Waals surface area (Å²) in [5, 5.41) is 3.28. The van der Waals surface area contributed by atoms with E-state index in [-0.39, 0.29) is 42.2 Å². The Kier molecular flexibility index (Phi) is 12.0. The summed E-state index contributed by atoms with van der Waals surface area (Å²) in [6, 6.07) is 7.98. The molecule has 0 spiro atoms. The van der Waals surface area contributed by atoms with Gasteiger partial charge in [-0.1, -0.05) is 30.7 Å². The first-order chi connectivity index (χ1) is 19.2. The van der Waals surface area contributed by atoms with Gasteiger partial charge >= 0.3 is 11.9 Å². The molecular formula is C28H35ClN2O9. The number of ether oxygens (including phenoxy) is 6. The third-order valence-electron chi connectivity index (χ3n) is 6.55. The van der Waals surface area contributed by atoms with Crippen LogP contribution in [0.3, 0.4) is 0 Å². The molecule has 0 unspecified atom stereocenters. The molecule has 1 aromatic carbocycles. The summed E-state index contributed by atoms with van der Waals surface area (Å²) >= 11 is 6.01. The molecule has 0 saturated carbocycles. The number of nitrogens with one attached hydrogen (secondary N) is 1. The van der Waals surface area contributed by atoms with Gasteiger partial charge in [-0.3, -0.25) is 4.79 Å². The Hall–Kier alpha value is -3.41. The molecule has 12 heteroatoms. The molecule has 1 aliphatic heterocycles. The van der Waals surface area contributed by atoms with Gasteiger partial charge in [-0.15, -0.1) is 0 Å². The number of pyridine rings is 1. The van der Waals surface area contributed by atoms with Gasteiger partial charge in [0.2, 0.25) is 6.79 Å². The maximum absolute atomic E-state index is 13.2. The first-order valence-corrected chi connectivity index (χ1v) is 13.3. The number of carbonyl (C=O) groups excluding carboxylic acids is 3. The van der Waals surface area contributed by atoms with Crippen molar-refractivity contribution in [3.63, 3.8) is 0 Å². The van der Waals surface area contributed by atoms with E-state index in [0.717, 1.165) is 5.56 Å². The minimum Gasteiger partial charge on any atom is -0.493 e. The Morgan fingerprint density at radius 1 is 1.15 bits per heavy atom. The van der Waals surface area contributed by atoms with Crippen LogP contribution in [0, 0.1) is 11.8 Å². The van der Waals surface area contributed by atoms with Gasteiger partial charge in [0.1, 0.15) is 12.7 Å². The molecule has 0 aliphatic carbocycles. The van der Waals surface area contributed by atoms with Crippen LogP contribution in [-0.4, -0.2) is 75.3 Å². The third kappa shape index (κ3) is 8.80. The summed E-state index contributed by atoms with van der Waals surface area (Å²) in [5.74, 6) is -1.83. The molecule has 11 nitrogen and oxygen atoms in total. The highest BCUT2D eigenvalue weighted by Crippen LogP contribution is 2.30. The van der Waals surface area contributed by atoms with E-state index >= 15 is 0 Å². The van der Waals surface area contributed by atoms with E-state index in [1.165, 1.54) is 19.4 Å². The van der Waals surface area contributed by atoms with Crippen LogP contribution < -0.4 is 14.8 Å². The maximum atomic E-state index is 13.2. The summed E-state index contributed by atoms with van der Waals surface area (Å²) in [7, 11) is 1.39. The SMILES string of the molecule is CCOCC(=O)OCOc1c(OC)ccnc1C(=O)N[C@H]1COC[C@H](Cc2ccc(Cl)cc2)[C@@H](C)[C@H](C)OC1=O. The number of esters is 2. The van der Waals surface area contributed by atoms with Crippen molar-refractivity contribution in [2.24, 2.45) is 11.8 Å². The van der Waals surface area contributed by atoms with E-state index in [1.807, 2.05) is 38.1 Å². The molecule has 2 heterocycles. The average molecular weight is 579 g/mol. The molecule has 1 aliphatic rings. The van der Waals surface area contributed by atoms with Crippen LogP contribution in [0.5, 0.6) is 11.5 Å². The predicted molar refractivity (Wildman–Crippen MR) is 144 cm³/mol. The molecule has 1 N–H and O–H groups in total. The maximum Gasteiger partial charge on any atom is 0.334 e. The van der Waals surface area contributed by atoms with Gasteiger partial charge in [0.15, 0.2) is 23.2 Å². The van der Waals surface area contributed by atoms with Gasteiger partial charge in [0, 0.05) is 23.9 Å². The zero-order valence-corrected chi connectivity index (χ0v) is 23.8. The fourth-order valence-electron chi connectivity index (χ4n) is 4.08. The lowest BCUT2D eigenvalue weighted by Crippen LogP contribution is -2.46. The molecule has 218 valence electrons. The van der Waals surface area contributed by atoms with Gasteiger partial charge < -0.3 is 33.7 Å². The molecule has 1 amide bonds. The van der Waals surface area contributed by atoms with E-state index in [9.17, 15) is 14.4 Å². The number of rotatable bonds is 11. The number of hydrogen-bond acceptors (Lipinski definition) is 10. The Bertz CT molecular complexity index is 1150. The number of amides is 1. The average Bonchev–Trinajstić information content (AvgIpc) is 2.99. The van der Waals surface area contributed by atoms with Crippen LogP contribution in [-0.2, 0) is 35.0 Å². The highest BCUT2D eigenvalue weighted by atomic mass is 35.5. The van der Waals surface area contributed by atoms with Crippen molar-refractivity contribution in [2.45, 2.75) is 39.3 Å². The zero-order chi connectivity index (χ0) is 29.1. The normalized spacial score (nSPS) is 21.3. The van der Waals surface area contributed by atoms with Crippen LogP contribution in [0.15, 0.2) is 36.5 Å². The Morgan fingerprint density at radius 2 is 1.90 bits per heavy atom. The Balaban J connectivity index is 1.69. The second-order valence-corrected chi connectivity index (χ2v) is 9.70. The first-order valence-electron chi connectivity index (χ1n) is 13.0. The fourth-order valence-corrected chi connectivity index (χ4v) is 4.21. The molecule has 40 heavy (non-hydrogen) atoms. The van der Waals surface area contributed by atoms with E-state index in [4.69, 9.17) is 40.0 Å². The minimum absolute atomic E-state index is 0.0143. The molecule has 1 aromatic heterocycles. The van der Waals surface area contributed by atoms with Crippen molar-refractivity contribution in [2.75, 3.05) is 40.3 Å². The van der Waals surface area contributed by atoms with Crippen molar-refractivity contribution in [3.8, 4) is 11.5 Å². The van der Waals surface area contributed by atoms with Gasteiger partial charge in [-0.05, 0) is 49.8 Å². The minimum atomic E-state index is -1.10. The summed E-state index contributed by atoms with van der Waals surface area (Å²) in [4.78, 5) is 42.1. The Labute approximate surface area is 238 Å². The largest absolute Gasteiger partial charge is 0.493 e. The number of methoxy groups -OCH3 is 1. The molecule has 2 aromatic rings. The van der Waals surface area contributed by atoms with Crippen molar-refractivity contribution in [1.29, 1.82) is 0 Å². The topological polar surface area (TPSA) is 132 Å². The lowest BCUT2D eigenvalue weighted by Gasteiger charge is -2.27. The first kappa shape index (κ1) is 31.1. The number of halogens is 1. The number of carbonyl (C=O) groups is 3. The molecule has 4 atom stereocenters. The molecule has 0 bridgehead atoms. The van der Waals surface area contributed by atoms with E-state index in [1.54, 1.807) is 6.92 Å². The number of nitrogens with zero attached hydrogens (tertiary/aromatic N) is 1. The quantitative estimate of drug-likeness (QED) is 0.313. The van der Waals surface area contributed by atoms with Crippen LogP contribution in [0.1, 0.15) is 36.8 Å². The van der Waals surface area contributed by atoms with Gasteiger partial charge in [-0.2, -0.15) is 0 Å². The highest BCUT2D eigenvalue weighted by Gasteiger charge is 2.33. The van der Waals surface area contributed by atoms with Crippen molar-refractivity contribution in [1.82, 2.24) is 10.3 Å². The molecule has 0 radical (unpaired) electrons. The van der Waals surface area contributed by atoms with Crippen molar-refractivity contribution >= 4 is 29.4 Å². The lowest BCUT2D eigenvalue weighted by atomic mass is 9.85. The molecule has 3 rings (SSSR count). The van der Waals surface area contributed by atoms with Crippen molar-refractivity contribution in [3.05, 3.63) is 52.8 Å². The van der Waals surface area contributed by atoms with Gasteiger partial charge in [0.05, 0.1) is 20.3 Å². The van der Waals surface area contributed by atoms with Gasteiger partial charge in [-0.25, -0.2) is 14.6 Å². The predicted octanol–water partition coefficient (Wildman–Crippen LogP) is 3.21. The second kappa shape index (κ2) is 15.4. The molecular weight excluding hydrogens is 544 g/mol. The highest BCUT2D eigenvalue weighted by molar-refractivity contribution is 6.30. The van der Waals surface area contributed by atoms with Gasteiger partial charge in [0.25, 0.3) is 5.91 Å². The van der Waals surface area contributed by atoms with Crippen LogP contribution >= 0.6 is 11.6 Å². The third-order valence-corrected chi connectivity index (χ3v) is 6.81. The number of benzene rings is 1.